The van der Waals surface area contributed by atoms with Crippen LogP contribution in [-0.2, 0) is 23.8 Å². The summed E-state index contributed by atoms with van der Waals surface area (Å²) in [7, 11) is 1.84. The van der Waals surface area contributed by atoms with E-state index in [0.29, 0.717) is 5.56 Å². The quantitative estimate of drug-likeness (QED) is 0.665. The van der Waals surface area contributed by atoms with E-state index in [4.69, 9.17) is 0 Å². The first kappa shape index (κ1) is 19.0. The number of aryl methyl sites for hydroxylation is 1. The Kier molecular flexibility index (Phi) is 4.47. The number of carbonyl (C=O) groups is 1. The van der Waals surface area contributed by atoms with Crippen molar-refractivity contribution in [2.75, 3.05) is 24.5 Å². The van der Waals surface area contributed by atoms with Crippen molar-refractivity contribution < 1.29 is 9.18 Å². The molecule has 1 atom stereocenters. The number of nitrogens with zero attached hydrogens (tertiary/aromatic N) is 4. The summed E-state index contributed by atoms with van der Waals surface area (Å²) in [5.74, 6) is -0.209. The second-order valence-corrected chi connectivity index (χ2v) is 8.32. The second kappa shape index (κ2) is 7.06. The summed E-state index contributed by atoms with van der Waals surface area (Å²) in [6.45, 7) is 4.95. The number of benzene rings is 2. The van der Waals surface area contributed by atoms with Crippen LogP contribution in [0.3, 0.4) is 0 Å². The molecule has 2 aromatic carbocycles. The third-order valence-corrected chi connectivity index (χ3v) is 6.58. The molecule has 1 saturated heterocycles. The van der Waals surface area contributed by atoms with Gasteiger partial charge in [0.15, 0.2) is 0 Å². The Hall–Kier alpha value is -2.99. The van der Waals surface area contributed by atoms with E-state index in [2.05, 4.69) is 23.0 Å². The zero-order valence-corrected chi connectivity index (χ0v) is 17.3. The van der Waals surface area contributed by atoms with Crippen LogP contribution in [0, 0.1) is 5.82 Å². The van der Waals surface area contributed by atoms with Crippen molar-refractivity contribution in [3.8, 4) is 11.1 Å². The minimum absolute atomic E-state index is 0.0929. The zero-order chi connectivity index (χ0) is 20.9. The number of rotatable bonds is 4. The molecule has 0 N–H and O–H groups in total. The van der Waals surface area contributed by atoms with Crippen LogP contribution >= 0.6 is 0 Å². The number of amides is 1. The van der Waals surface area contributed by atoms with Gasteiger partial charge in [0.1, 0.15) is 5.82 Å². The summed E-state index contributed by atoms with van der Waals surface area (Å²) in [5, 5.41) is 4.15. The smallest absolute Gasteiger partial charge is 0.239 e. The minimum atomic E-state index is -0.501. The predicted molar refractivity (Wildman–Crippen MR) is 115 cm³/mol. The number of halogens is 1. The molecule has 3 heterocycles. The maximum Gasteiger partial charge on any atom is 0.239 e. The number of likely N-dealkylation sites (tertiary alicyclic amines) is 1. The Bertz CT molecular complexity index is 1120. The standard InChI is InChI=1S/C24H25FN4O/c1-3-28-11-10-24(16-28)20-6-4-5-7-22(20)29(23(24)30)15-18-9-8-17(12-21(18)25)19-13-26-27(2)14-19/h4-9,12-14H,3,10-11,15-16H2,1-2H3. The molecule has 1 amide bonds. The van der Waals surface area contributed by atoms with Gasteiger partial charge in [-0.1, -0.05) is 37.3 Å². The van der Waals surface area contributed by atoms with E-state index < -0.39 is 5.41 Å². The van der Waals surface area contributed by atoms with Crippen LogP contribution in [0.2, 0.25) is 0 Å². The van der Waals surface area contributed by atoms with Crippen molar-refractivity contribution in [1.29, 1.82) is 0 Å². The topological polar surface area (TPSA) is 41.4 Å². The number of likely N-dealkylation sites (N-methyl/N-ethyl adjacent to an activating group) is 1. The normalized spacial score (nSPS) is 21.0. The summed E-state index contributed by atoms with van der Waals surface area (Å²) in [4.78, 5) is 17.7. The van der Waals surface area contributed by atoms with Crippen LogP contribution < -0.4 is 4.90 Å². The van der Waals surface area contributed by atoms with Gasteiger partial charge < -0.3 is 9.80 Å². The van der Waals surface area contributed by atoms with Gasteiger partial charge >= 0.3 is 0 Å². The first-order valence-corrected chi connectivity index (χ1v) is 10.4. The summed E-state index contributed by atoms with van der Waals surface area (Å²) >= 11 is 0. The molecule has 0 bridgehead atoms. The summed E-state index contributed by atoms with van der Waals surface area (Å²) in [6.07, 6.45) is 4.39. The molecular formula is C24H25FN4O. The van der Waals surface area contributed by atoms with E-state index >= 15 is 4.39 Å². The summed E-state index contributed by atoms with van der Waals surface area (Å²) in [6, 6.07) is 13.2. The minimum Gasteiger partial charge on any atom is -0.307 e. The molecule has 154 valence electrons. The lowest BCUT2D eigenvalue weighted by Crippen LogP contribution is -2.42. The van der Waals surface area contributed by atoms with Crippen LogP contribution in [0.1, 0.15) is 24.5 Å². The van der Waals surface area contributed by atoms with Gasteiger partial charge in [-0.25, -0.2) is 4.39 Å². The number of hydrogen-bond donors (Lipinski definition) is 0. The van der Waals surface area contributed by atoms with Crippen molar-refractivity contribution in [3.63, 3.8) is 0 Å². The fraction of sp³-hybridized carbons (Fsp3) is 0.333. The number of anilines is 1. The van der Waals surface area contributed by atoms with Gasteiger partial charge in [0.05, 0.1) is 18.2 Å². The highest BCUT2D eigenvalue weighted by molar-refractivity contribution is 6.08. The lowest BCUT2D eigenvalue weighted by molar-refractivity contribution is -0.122. The molecule has 1 aromatic heterocycles. The van der Waals surface area contributed by atoms with Crippen molar-refractivity contribution in [3.05, 3.63) is 71.8 Å². The molecule has 0 saturated carbocycles. The lowest BCUT2D eigenvalue weighted by Gasteiger charge is -2.24. The second-order valence-electron chi connectivity index (χ2n) is 8.32. The van der Waals surface area contributed by atoms with Crippen LogP contribution in [0.25, 0.3) is 11.1 Å². The monoisotopic (exact) mass is 404 g/mol. The van der Waals surface area contributed by atoms with Gasteiger partial charge in [-0.05, 0) is 42.8 Å². The van der Waals surface area contributed by atoms with Gasteiger partial charge in [-0.15, -0.1) is 0 Å². The molecule has 5 rings (SSSR count). The molecule has 0 aliphatic carbocycles. The third-order valence-electron chi connectivity index (χ3n) is 6.58. The Labute approximate surface area is 175 Å². The average molecular weight is 404 g/mol. The number of carbonyl (C=O) groups excluding carboxylic acids is 1. The lowest BCUT2D eigenvalue weighted by atomic mass is 9.81. The highest BCUT2D eigenvalue weighted by atomic mass is 19.1. The molecule has 1 unspecified atom stereocenters. The van der Waals surface area contributed by atoms with Crippen LogP contribution in [-0.4, -0.2) is 40.2 Å². The van der Waals surface area contributed by atoms with E-state index in [9.17, 15) is 4.79 Å². The molecule has 6 heteroatoms. The van der Waals surface area contributed by atoms with E-state index in [1.54, 1.807) is 21.8 Å². The zero-order valence-electron chi connectivity index (χ0n) is 17.3. The fourth-order valence-electron chi connectivity index (χ4n) is 4.90. The van der Waals surface area contributed by atoms with Crippen LogP contribution in [0.15, 0.2) is 54.9 Å². The van der Waals surface area contributed by atoms with Gasteiger partial charge in [0, 0.05) is 36.6 Å². The van der Waals surface area contributed by atoms with Gasteiger partial charge in [-0.2, -0.15) is 5.10 Å². The Morgan fingerprint density at radius 2 is 2.00 bits per heavy atom. The molecule has 2 aliphatic heterocycles. The Morgan fingerprint density at radius 3 is 2.70 bits per heavy atom. The highest BCUT2D eigenvalue weighted by Gasteiger charge is 2.53. The van der Waals surface area contributed by atoms with Crippen LogP contribution in [0.4, 0.5) is 10.1 Å². The van der Waals surface area contributed by atoms with Crippen molar-refractivity contribution in [1.82, 2.24) is 14.7 Å². The largest absolute Gasteiger partial charge is 0.307 e. The fourth-order valence-corrected chi connectivity index (χ4v) is 4.90. The molecule has 3 aromatic rings. The maximum absolute atomic E-state index is 15.0. The van der Waals surface area contributed by atoms with Gasteiger partial charge in [0.2, 0.25) is 5.91 Å². The van der Waals surface area contributed by atoms with E-state index in [-0.39, 0.29) is 18.3 Å². The summed E-state index contributed by atoms with van der Waals surface area (Å²) < 4.78 is 16.7. The van der Waals surface area contributed by atoms with Gasteiger partial charge in [-0.3, -0.25) is 9.48 Å². The molecular weight excluding hydrogens is 379 g/mol. The number of fused-ring (bicyclic) bond motifs is 2. The number of aromatic nitrogens is 2. The van der Waals surface area contributed by atoms with E-state index in [1.165, 1.54) is 6.07 Å². The highest BCUT2D eigenvalue weighted by Crippen LogP contribution is 2.47. The van der Waals surface area contributed by atoms with Crippen LogP contribution in [0.5, 0.6) is 0 Å². The molecule has 5 nitrogen and oxygen atoms in total. The summed E-state index contributed by atoms with van der Waals surface area (Å²) in [5.41, 5.74) is 3.67. The first-order valence-electron chi connectivity index (χ1n) is 10.4. The first-order chi connectivity index (χ1) is 14.5. The van der Waals surface area contributed by atoms with Gasteiger partial charge in [0.25, 0.3) is 0 Å². The van der Waals surface area contributed by atoms with Crippen molar-refractivity contribution >= 4 is 11.6 Å². The number of hydrogen-bond acceptors (Lipinski definition) is 3. The molecule has 1 spiro atoms. The molecule has 1 fully saturated rings. The SMILES string of the molecule is CCN1CCC2(C1)C(=O)N(Cc1ccc(-c3cnn(C)c3)cc1F)c1ccccc12. The predicted octanol–water partition coefficient (Wildman–Crippen LogP) is 3.74. The number of para-hydroxylation sites is 1. The molecule has 2 aliphatic rings. The van der Waals surface area contributed by atoms with Crippen molar-refractivity contribution in [2.24, 2.45) is 7.05 Å². The van der Waals surface area contributed by atoms with E-state index in [0.717, 1.165) is 48.4 Å². The maximum atomic E-state index is 15.0. The Morgan fingerprint density at radius 1 is 1.17 bits per heavy atom. The average Bonchev–Trinajstić information content (AvgIpc) is 3.44. The molecule has 30 heavy (non-hydrogen) atoms. The third kappa shape index (κ3) is 2.86. The Balaban J connectivity index is 1.47. The van der Waals surface area contributed by atoms with E-state index in [1.807, 2.05) is 37.5 Å². The van der Waals surface area contributed by atoms with Crippen molar-refractivity contribution in [2.45, 2.75) is 25.3 Å². The molecule has 0 radical (unpaired) electrons.